The van der Waals surface area contributed by atoms with E-state index in [1.807, 2.05) is 6.07 Å². The van der Waals surface area contributed by atoms with Gasteiger partial charge in [0, 0.05) is 16.7 Å². The third-order valence-electron chi connectivity index (χ3n) is 11.0. The lowest BCUT2D eigenvalue weighted by molar-refractivity contribution is 1.18. The van der Waals surface area contributed by atoms with Gasteiger partial charge in [0.25, 0.3) is 0 Å². The highest BCUT2D eigenvalue weighted by atomic mass is 14.9. The van der Waals surface area contributed by atoms with Gasteiger partial charge in [-0.05, 0) is 94.0 Å². The minimum absolute atomic E-state index is 0.705. The van der Waals surface area contributed by atoms with E-state index in [2.05, 4.69) is 188 Å². The number of fused-ring (bicyclic) bond motifs is 9. The highest BCUT2D eigenvalue weighted by molar-refractivity contribution is 6.20. The molecule has 0 amide bonds. The fourth-order valence-corrected chi connectivity index (χ4v) is 8.39. The summed E-state index contributed by atoms with van der Waals surface area (Å²) in [4.78, 5) is 10.4. The summed E-state index contributed by atoms with van der Waals surface area (Å²) in [7, 11) is 0. The van der Waals surface area contributed by atoms with Crippen molar-refractivity contribution in [1.82, 2.24) is 9.97 Å². The predicted molar refractivity (Wildman–Crippen MR) is 229 cm³/mol. The van der Waals surface area contributed by atoms with Crippen LogP contribution in [0.2, 0.25) is 0 Å². The number of hydrogen-bond donors (Lipinski definition) is 0. The van der Waals surface area contributed by atoms with Gasteiger partial charge in [0.15, 0.2) is 5.82 Å². The molecular formula is C52H32N2. The van der Waals surface area contributed by atoms with Gasteiger partial charge < -0.3 is 0 Å². The van der Waals surface area contributed by atoms with E-state index >= 15 is 0 Å². The van der Waals surface area contributed by atoms with Crippen LogP contribution in [0.25, 0.3) is 110 Å². The first-order chi connectivity index (χ1) is 26.7. The average Bonchev–Trinajstić information content (AvgIpc) is 3.25. The van der Waals surface area contributed by atoms with E-state index in [9.17, 15) is 0 Å². The van der Waals surface area contributed by atoms with Crippen molar-refractivity contribution in [2.75, 3.05) is 0 Å². The molecule has 0 bridgehead atoms. The van der Waals surface area contributed by atoms with Gasteiger partial charge in [-0.2, -0.15) is 0 Å². The van der Waals surface area contributed by atoms with Gasteiger partial charge in [-0.1, -0.05) is 176 Å². The molecule has 0 aliphatic rings. The van der Waals surface area contributed by atoms with Crippen LogP contribution in [0.5, 0.6) is 0 Å². The molecule has 0 aliphatic heterocycles. The summed E-state index contributed by atoms with van der Waals surface area (Å²) in [5.41, 5.74) is 7.32. The van der Waals surface area contributed by atoms with E-state index in [-0.39, 0.29) is 0 Å². The molecular weight excluding hydrogens is 653 g/mol. The maximum atomic E-state index is 5.23. The van der Waals surface area contributed by atoms with E-state index < -0.39 is 0 Å². The van der Waals surface area contributed by atoms with E-state index in [4.69, 9.17) is 9.97 Å². The molecule has 10 aromatic carbocycles. The van der Waals surface area contributed by atoms with Crippen LogP contribution in [0.15, 0.2) is 194 Å². The van der Waals surface area contributed by atoms with Crippen LogP contribution < -0.4 is 0 Å². The van der Waals surface area contributed by atoms with Crippen molar-refractivity contribution in [3.63, 3.8) is 0 Å². The third-order valence-corrected chi connectivity index (χ3v) is 11.0. The summed E-state index contributed by atoms with van der Waals surface area (Å²) in [6, 6.07) is 69.9. The maximum Gasteiger partial charge on any atom is 0.160 e. The van der Waals surface area contributed by atoms with Crippen molar-refractivity contribution in [1.29, 1.82) is 0 Å². The Morgan fingerprint density at radius 2 is 0.722 bits per heavy atom. The van der Waals surface area contributed by atoms with E-state index in [0.717, 1.165) is 28.1 Å². The van der Waals surface area contributed by atoms with E-state index in [1.165, 1.54) is 75.8 Å². The van der Waals surface area contributed by atoms with Crippen molar-refractivity contribution in [2.45, 2.75) is 0 Å². The second-order valence-corrected chi connectivity index (χ2v) is 14.1. The molecule has 0 saturated carbocycles. The van der Waals surface area contributed by atoms with Crippen molar-refractivity contribution in [2.24, 2.45) is 0 Å². The Kier molecular flexibility index (Phi) is 6.90. The highest BCUT2D eigenvalue weighted by Crippen LogP contribution is 2.40. The van der Waals surface area contributed by atoms with E-state index in [1.54, 1.807) is 0 Å². The van der Waals surface area contributed by atoms with Gasteiger partial charge in [0.05, 0.1) is 11.4 Å². The zero-order valence-electron chi connectivity index (χ0n) is 29.4. The van der Waals surface area contributed by atoms with Crippen LogP contribution in [0.1, 0.15) is 0 Å². The molecule has 54 heavy (non-hydrogen) atoms. The summed E-state index contributed by atoms with van der Waals surface area (Å²) in [6.45, 7) is 0. The summed E-state index contributed by atoms with van der Waals surface area (Å²) in [5.74, 6) is 0.705. The molecule has 0 saturated heterocycles. The van der Waals surface area contributed by atoms with Crippen LogP contribution in [0.4, 0.5) is 0 Å². The normalized spacial score (nSPS) is 11.7. The first-order valence-corrected chi connectivity index (χ1v) is 18.5. The lowest BCUT2D eigenvalue weighted by Gasteiger charge is -2.15. The number of rotatable bonds is 4. The lowest BCUT2D eigenvalue weighted by atomic mass is 9.89. The molecule has 0 radical (unpaired) electrons. The molecule has 1 heterocycles. The van der Waals surface area contributed by atoms with Gasteiger partial charge in [-0.3, -0.25) is 0 Å². The molecule has 0 N–H and O–H groups in total. The van der Waals surface area contributed by atoms with Crippen LogP contribution in [0, 0.1) is 0 Å². The van der Waals surface area contributed by atoms with Gasteiger partial charge in [-0.15, -0.1) is 0 Å². The smallest absolute Gasteiger partial charge is 0.160 e. The average molecular weight is 685 g/mol. The van der Waals surface area contributed by atoms with Gasteiger partial charge in [0.1, 0.15) is 0 Å². The zero-order chi connectivity index (χ0) is 35.6. The molecule has 0 atom stereocenters. The molecule has 2 heteroatoms. The SMILES string of the molecule is c1ccc(-c2cc(-c3ccc4c(ccc5c6ccccc6ccc45)c3)nc(-c3ccc(-c4c5ccccc5cc5c4ccc4ccccc45)cc3)n2)cc1. The first-order valence-electron chi connectivity index (χ1n) is 18.5. The van der Waals surface area contributed by atoms with Crippen molar-refractivity contribution in [3.8, 4) is 45.0 Å². The van der Waals surface area contributed by atoms with E-state index in [0.29, 0.717) is 5.82 Å². The van der Waals surface area contributed by atoms with Gasteiger partial charge in [0.2, 0.25) is 0 Å². The fourth-order valence-electron chi connectivity index (χ4n) is 8.39. The number of nitrogens with zero attached hydrogens (tertiary/aromatic N) is 2. The Morgan fingerprint density at radius 1 is 0.241 bits per heavy atom. The van der Waals surface area contributed by atoms with Crippen LogP contribution in [-0.2, 0) is 0 Å². The van der Waals surface area contributed by atoms with Gasteiger partial charge in [-0.25, -0.2) is 9.97 Å². The summed E-state index contributed by atoms with van der Waals surface area (Å²) >= 11 is 0. The zero-order valence-corrected chi connectivity index (χ0v) is 29.4. The topological polar surface area (TPSA) is 25.8 Å². The molecule has 0 aliphatic carbocycles. The predicted octanol–water partition coefficient (Wildman–Crippen LogP) is 14.1. The second-order valence-electron chi connectivity index (χ2n) is 14.1. The molecule has 1 aromatic heterocycles. The Hall–Kier alpha value is -7.16. The summed E-state index contributed by atoms with van der Waals surface area (Å²) in [6.07, 6.45) is 0. The highest BCUT2D eigenvalue weighted by Gasteiger charge is 2.15. The third kappa shape index (κ3) is 4.96. The molecule has 0 fully saturated rings. The molecule has 250 valence electrons. The Balaban J connectivity index is 1.05. The Bertz CT molecular complexity index is 3250. The maximum absolute atomic E-state index is 5.23. The molecule has 0 spiro atoms. The molecule has 0 unspecified atom stereocenters. The first kappa shape index (κ1) is 30.5. The Labute approximate surface area is 312 Å². The minimum Gasteiger partial charge on any atom is -0.228 e. The van der Waals surface area contributed by atoms with Crippen molar-refractivity contribution >= 4 is 64.6 Å². The molecule has 11 rings (SSSR count). The van der Waals surface area contributed by atoms with Gasteiger partial charge >= 0.3 is 0 Å². The number of benzene rings is 10. The van der Waals surface area contributed by atoms with Crippen LogP contribution in [0.3, 0.4) is 0 Å². The fraction of sp³-hybridized carbons (Fsp3) is 0. The van der Waals surface area contributed by atoms with Crippen LogP contribution in [-0.4, -0.2) is 9.97 Å². The standard InChI is InChI=1S/C52H32N2/c1-2-12-35(13-3-1)49-32-50(40-25-26-43-39(30-40)24-28-45-41-15-7-4-10-33(41)22-27-46(43)45)54-52(53-49)37-20-18-36(19-21-37)51-44-17-9-6-14-38(44)31-48-42-16-8-5-11-34(42)23-29-47(48)51/h1-32H. The Morgan fingerprint density at radius 3 is 1.44 bits per heavy atom. The summed E-state index contributed by atoms with van der Waals surface area (Å²) in [5, 5.41) is 15.0. The number of hydrogen-bond acceptors (Lipinski definition) is 2. The summed E-state index contributed by atoms with van der Waals surface area (Å²) < 4.78 is 0. The molecule has 11 aromatic rings. The van der Waals surface area contributed by atoms with Crippen molar-refractivity contribution in [3.05, 3.63) is 194 Å². The largest absolute Gasteiger partial charge is 0.228 e. The van der Waals surface area contributed by atoms with Crippen LogP contribution >= 0.6 is 0 Å². The second kappa shape index (κ2) is 12.2. The lowest BCUT2D eigenvalue weighted by Crippen LogP contribution is -1.96. The van der Waals surface area contributed by atoms with Crippen molar-refractivity contribution < 1.29 is 0 Å². The molecule has 2 nitrogen and oxygen atoms in total. The quantitative estimate of drug-likeness (QED) is 0.136. The minimum atomic E-state index is 0.705. The monoisotopic (exact) mass is 684 g/mol. The number of aromatic nitrogens is 2.